The maximum atomic E-state index is 15.1. The average molecular weight is 370 g/mol. The Hall–Kier alpha value is -2.20. The van der Waals surface area contributed by atoms with Gasteiger partial charge in [0.1, 0.15) is 18.0 Å². The maximum Gasteiger partial charge on any atom is 0.146 e. The van der Waals surface area contributed by atoms with Gasteiger partial charge in [-0.3, -0.25) is 9.56 Å². The van der Waals surface area contributed by atoms with Crippen molar-refractivity contribution in [3.8, 4) is 0 Å². The Morgan fingerprint density at radius 3 is 2.54 bits per heavy atom. The second kappa shape index (κ2) is 5.40. The van der Waals surface area contributed by atoms with E-state index in [2.05, 4.69) is 4.98 Å². The van der Waals surface area contributed by atoms with E-state index < -0.39 is 11.0 Å². The van der Waals surface area contributed by atoms with E-state index in [-0.39, 0.29) is 10.8 Å². The smallest absolute Gasteiger partial charge is 0.146 e. The molecule has 4 rings (SSSR count). The van der Waals surface area contributed by atoms with Gasteiger partial charge in [0, 0.05) is 16.5 Å². The molecule has 3 nitrogen and oxygen atoms in total. The lowest BCUT2D eigenvalue weighted by Crippen LogP contribution is -2.47. The predicted octanol–water partition coefficient (Wildman–Crippen LogP) is 5.50. The van der Waals surface area contributed by atoms with E-state index in [4.69, 9.17) is 16.6 Å². The van der Waals surface area contributed by atoms with Crippen molar-refractivity contribution in [3.05, 3.63) is 64.2 Å². The summed E-state index contributed by atoms with van der Waals surface area (Å²) in [7, 11) is 0. The quantitative estimate of drug-likeness (QED) is 0.514. The number of fused-ring (bicyclic) bond motifs is 2. The molecule has 5 heteroatoms. The lowest BCUT2D eigenvalue weighted by atomic mass is 9.66. The topological polar surface area (TPSA) is 30.2 Å². The molecule has 0 spiro atoms. The summed E-state index contributed by atoms with van der Waals surface area (Å²) >= 11 is 6.12. The molecule has 0 fully saturated rings. The first kappa shape index (κ1) is 17.2. The molecule has 0 amide bonds. The molecule has 0 atom stereocenters. The normalized spacial score (nSPS) is 17.9. The van der Waals surface area contributed by atoms with Gasteiger partial charge in [-0.2, -0.15) is 0 Å². The zero-order valence-corrected chi connectivity index (χ0v) is 16.3. The van der Waals surface area contributed by atoms with E-state index in [0.717, 1.165) is 22.2 Å². The van der Waals surface area contributed by atoms with Crippen LogP contribution in [0.2, 0.25) is 5.02 Å². The van der Waals surface area contributed by atoms with Gasteiger partial charge >= 0.3 is 0 Å². The van der Waals surface area contributed by atoms with Crippen molar-refractivity contribution in [2.24, 2.45) is 4.99 Å². The van der Waals surface area contributed by atoms with Crippen LogP contribution >= 0.6 is 11.6 Å². The number of rotatable bonds is 0. The molecule has 1 aliphatic rings. The fraction of sp³-hybridized carbons (Fsp3) is 0.333. The van der Waals surface area contributed by atoms with Gasteiger partial charge in [-0.05, 0) is 44.5 Å². The number of halogens is 2. The number of aliphatic imine (C=N–C) groups is 1. The lowest BCUT2D eigenvalue weighted by Gasteiger charge is -2.44. The summed E-state index contributed by atoms with van der Waals surface area (Å²) in [5, 5.41) is 0.139. The summed E-state index contributed by atoms with van der Waals surface area (Å²) in [6, 6.07) is 9.50. The van der Waals surface area contributed by atoms with Crippen LogP contribution in [-0.2, 0) is 5.41 Å². The van der Waals surface area contributed by atoms with E-state index in [1.807, 2.05) is 63.5 Å². The molecule has 0 radical (unpaired) electrons. The maximum absolute atomic E-state index is 15.1. The third-order valence-electron chi connectivity index (χ3n) is 5.88. The number of hydrogen-bond acceptors (Lipinski definition) is 2. The molecule has 2 aromatic carbocycles. The summed E-state index contributed by atoms with van der Waals surface area (Å²) in [6.45, 7) is 10.1. The fourth-order valence-electron chi connectivity index (χ4n) is 3.65. The molecule has 2 heterocycles. The first-order valence-corrected chi connectivity index (χ1v) is 9.05. The van der Waals surface area contributed by atoms with Crippen molar-refractivity contribution >= 4 is 28.5 Å². The summed E-state index contributed by atoms with van der Waals surface area (Å²) in [5.74, 6) is 0.336. The molecule has 0 aliphatic carbocycles. The van der Waals surface area contributed by atoms with Crippen LogP contribution in [0.15, 0.2) is 41.7 Å². The van der Waals surface area contributed by atoms with Gasteiger partial charge in [0.2, 0.25) is 0 Å². The SMILES string of the molecule is Cc1cccc2c1ncn2C1=NC(C)(C)C(C)(C)c2c1ccc(Cl)c2F. The Morgan fingerprint density at radius 1 is 1.08 bits per heavy atom. The highest BCUT2D eigenvalue weighted by atomic mass is 35.5. The number of nitrogens with zero attached hydrogens (tertiary/aromatic N) is 3. The Morgan fingerprint density at radius 2 is 1.81 bits per heavy atom. The molecule has 0 saturated heterocycles. The lowest BCUT2D eigenvalue weighted by molar-refractivity contribution is 0.292. The van der Waals surface area contributed by atoms with Crippen LogP contribution in [0.5, 0.6) is 0 Å². The molecule has 1 aliphatic heterocycles. The van der Waals surface area contributed by atoms with Gasteiger partial charge in [-0.1, -0.05) is 37.6 Å². The standard InChI is InChI=1S/C21H21ClFN3/c1-12-7-6-8-15-18(12)24-11-26(15)19-13-9-10-14(22)17(23)16(13)20(2,3)21(4,5)25-19/h6-11H,1-5H3. The number of benzene rings is 2. The third kappa shape index (κ3) is 2.18. The van der Waals surface area contributed by atoms with Crippen LogP contribution in [0.25, 0.3) is 11.0 Å². The van der Waals surface area contributed by atoms with Crippen LogP contribution < -0.4 is 0 Å². The average Bonchev–Trinajstić information content (AvgIpc) is 2.99. The Kier molecular flexibility index (Phi) is 3.58. The van der Waals surface area contributed by atoms with Gasteiger partial charge in [-0.25, -0.2) is 9.37 Å². The van der Waals surface area contributed by atoms with Crippen LogP contribution in [0.1, 0.15) is 44.4 Å². The Bertz CT molecular complexity index is 1080. The summed E-state index contributed by atoms with van der Waals surface area (Å²) < 4.78 is 17.1. The van der Waals surface area contributed by atoms with Crippen molar-refractivity contribution < 1.29 is 4.39 Å². The van der Waals surface area contributed by atoms with Gasteiger partial charge in [0.15, 0.2) is 0 Å². The molecule has 0 unspecified atom stereocenters. The monoisotopic (exact) mass is 369 g/mol. The minimum absolute atomic E-state index is 0.139. The molecular formula is C21H21ClFN3. The number of aromatic nitrogens is 2. The van der Waals surface area contributed by atoms with Gasteiger partial charge in [0.25, 0.3) is 0 Å². The van der Waals surface area contributed by atoms with Crippen LogP contribution in [-0.4, -0.2) is 20.9 Å². The minimum Gasteiger partial charge on any atom is -0.283 e. The van der Waals surface area contributed by atoms with E-state index in [9.17, 15) is 0 Å². The zero-order valence-electron chi connectivity index (χ0n) is 15.6. The second-order valence-electron chi connectivity index (χ2n) is 7.96. The largest absolute Gasteiger partial charge is 0.283 e. The van der Waals surface area contributed by atoms with Crippen molar-refractivity contribution in [1.82, 2.24) is 9.55 Å². The first-order chi connectivity index (χ1) is 12.1. The molecule has 0 saturated carbocycles. The third-order valence-corrected chi connectivity index (χ3v) is 6.17. The number of imidazole rings is 1. The Labute approximate surface area is 157 Å². The van der Waals surface area contributed by atoms with E-state index >= 15 is 4.39 Å². The summed E-state index contributed by atoms with van der Waals surface area (Å²) in [6.07, 6.45) is 1.77. The number of hydrogen-bond donors (Lipinski definition) is 0. The van der Waals surface area contributed by atoms with Crippen molar-refractivity contribution in [1.29, 1.82) is 0 Å². The molecule has 0 bridgehead atoms. The minimum atomic E-state index is -0.513. The fourth-order valence-corrected chi connectivity index (χ4v) is 3.81. The van der Waals surface area contributed by atoms with E-state index in [0.29, 0.717) is 11.4 Å². The highest BCUT2D eigenvalue weighted by Crippen LogP contribution is 2.45. The molecule has 1 aromatic heterocycles. The van der Waals surface area contributed by atoms with E-state index in [1.165, 1.54) is 0 Å². The molecule has 0 N–H and O–H groups in total. The predicted molar refractivity (Wildman–Crippen MR) is 105 cm³/mol. The summed E-state index contributed by atoms with van der Waals surface area (Å²) in [4.78, 5) is 9.58. The van der Waals surface area contributed by atoms with Crippen molar-refractivity contribution in [3.63, 3.8) is 0 Å². The van der Waals surface area contributed by atoms with Gasteiger partial charge in [-0.15, -0.1) is 0 Å². The van der Waals surface area contributed by atoms with Crippen LogP contribution in [0.4, 0.5) is 4.39 Å². The highest BCUT2D eigenvalue weighted by Gasteiger charge is 2.46. The number of aryl methyl sites for hydroxylation is 1. The van der Waals surface area contributed by atoms with Crippen molar-refractivity contribution in [2.45, 2.75) is 45.6 Å². The zero-order chi connectivity index (χ0) is 18.9. The van der Waals surface area contributed by atoms with Gasteiger partial charge < -0.3 is 0 Å². The highest BCUT2D eigenvalue weighted by molar-refractivity contribution is 6.31. The summed E-state index contributed by atoms with van der Waals surface area (Å²) in [5.41, 5.74) is 3.33. The number of para-hydroxylation sites is 1. The van der Waals surface area contributed by atoms with Crippen LogP contribution in [0, 0.1) is 12.7 Å². The first-order valence-electron chi connectivity index (χ1n) is 8.67. The van der Waals surface area contributed by atoms with E-state index in [1.54, 1.807) is 12.4 Å². The molecule has 134 valence electrons. The molecule has 26 heavy (non-hydrogen) atoms. The molecular weight excluding hydrogens is 349 g/mol. The van der Waals surface area contributed by atoms with Crippen molar-refractivity contribution in [2.75, 3.05) is 0 Å². The molecule has 3 aromatic rings. The van der Waals surface area contributed by atoms with Crippen LogP contribution in [0.3, 0.4) is 0 Å². The van der Waals surface area contributed by atoms with Gasteiger partial charge in [0.05, 0.1) is 21.6 Å². The Balaban J connectivity index is 2.08. The second-order valence-corrected chi connectivity index (χ2v) is 8.37.